The molecule has 0 radical (unpaired) electrons. The zero-order valence-electron chi connectivity index (χ0n) is 19.6. The number of anilines is 1. The molecule has 1 aliphatic carbocycles. The summed E-state index contributed by atoms with van der Waals surface area (Å²) in [6, 6.07) is 6.88. The van der Waals surface area contributed by atoms with E-state index < -0.39 is 0 Å². The molecule has 174 valence electrons. The van der Waals surface area contributed by atoms with Crippen LogP contribution in [-0.2, 0) is 32.4 Å². The van der Waals surface area contributed by atoms with E-state index in [1.54, 1.807) is 28.8 Å². The van der Waals surface area contributed by atoms with Gasteiger partial charge in [-0.1, -0.05) is 12.1 Å². The molecule has 2 aliphatic heterocycles. The van der Waals surface area contributed by atoms with Crippen molar-refractivity contribution in [3.8, 4) is 0 Å². The Bertz CT molecular complexity index is 1220. The SMILES string of the molecule is CN1CCc2c(sc3ncn(CCN4CCN(c5cccc6c5CCCC6)CC4)c(=O)c23)C1. The summed E-state index contributed by atoms with van der Waals surface area (Å²) >= 11 is 1.70. The van der Waals surface area contributed by atoms with Crippen LogP contribution < -0.4 is 10.5 Å². The standard InChI is InChI=1S/C26H33N5OS/c1-28-10-9-21-23(17-28)33-25-24(21)26(32)31(18-27-25)16-13-29-11-14-30(15-12-29)22-8-4-6-19-5-2-3-7-20(19)22/h4,6,8,18H,2-3,5,7,9-17H2,1H3. The van der Waals surface area contributed by atoms with Crippen LogP contribution in [-0.4, -0.2) is 65.7 Å². The first-order valence-corrected chi connectivity index (χ1v) is 13.3. The molecular formula is C26H33N5OS. The Balaban J connectivity index is 1.12. The summed E-state index contributed by atoms with van der Waals surface area (Å²) in [4.78, 5) is 27.6. The number of hydrogen-bond donors (Lipinski definition) is 0. The maximum absolute atomic E-state index is 13.3. The second-order valence-corrected chi connectivity index (χ2v) is 10.9. The smallest absolute Gasteiger partial charge is 0.262 e. The number of benzene rings is 1. The summed E-state index contributed by atoms with van der Waals surface area (Å²) in [5.74, 6) is 0. The summed E-state index contributed by atoms with van der Waals surface area (Å²) in [6.07, 6.45) is 7.84. The lowest BCUT2D eigenvalue weighted by Crippen LogP contribution is -2.48. The van der Waals surface area contributed by atoms with Gasteiger partial charge in [-0.25, -0.2) is 4.98 Å². The van der Waals surface area contributed by atoms with Crippen molar-refractivity contribution in [2.45, 2.75) is 45.2 Å². The van der Waals surface area contributed by atoms with Gasteiger partial charge in [0, 0.05) is 62.9 Å². The third-order valence-corrected chi connectivity index (χ3v) is 8.88. The van der Waals surface area contributed by atoms with E-state index in [1.165, 1.54) is 41.8 Å². The molecule has 0 spiro atoms. The molecule has 0 saturated carbocycles. The third-order valence-electron chi connectivity index (χ3n) is 7.76. The first kappa shape index (κ1) is 21.3. The highest BCUT2D eigenvalue weighted by atomic mass is 32.1. The molecule has 0 amide bonds. The van der Waals surface area contributed by atoms with Crippen LogP contribution in [0.1, 0.15) is 34.4 Å². The van der Waals surface area contributed by atoms with Crippen molar-refractivity contribution < 1.29 is 0 Å². The van der Waals surface area contributed by atoms with Gasteiger partial charge in [-0.15, -0.1) is 11.3 Å². The molecule has 1 saturated heterocycles. The molecule has 0 unspecified atom stereocenters. The minimum atomic E-state index is 0.150. The Hall–Kier alpha value is -2.22. The van der Waals surface area contributed by atoms with Crippen molar-refractivity contribution >= 4 is 27.2 Å². The van der Waals surface area contributed by atoms with Gasteiger partial charge in [0.2, 0.25) is 0 Å². The zero-order valence-corrected chi connectivity index (χ0v) is 20.4. The number of likely N-dealkylation sites (N-methyl/N-ethyl adjacent to an activating group) is 1. The molecule has 1 fully saturated rings. The predicted molar refractivity (Wildman–Crippen MR) is 136 cm³/mol. The van der Waals surface area contributed by atoms with Crippen molar-refractivity contribution in [2.24, 2.45) is 0 Å². The fourth-order valence-corrected chi connectivity index (χ4v) is 7.08. The normalized spacial score (nSPS) is 19.6. The Kier molecular flexibility index (Phi) is 5.72. The largest absolute Gasteiger partial charge is 0.369 e. The topological polar surface area (TPSA) is 44.6 Å². The number of nitrogens with zero attached hydrogens (tertiary/aromatic N) is 5. The average molecular weight is 464 g/mol. The van der Waals surface area contributed by atoms with Gasteiger partial charge >= 0.3 is 0 Å². The number of aromatic nitrogens is 2. The Morgan fingerprint density at radius 1 is 0.970 bits per heavy atom. The number of piperazine rings is 1. The van der Waals surface area contributed by atoms with Crippen LogP contribution in [0.5, 0.6) is 0 Å². The van der Waals surface area contributed by atoms with Gasteiger partial charge in [0.1, 0.15) is 4.83 Å². The van der Waals surface area contributed by atoms with Gasteiger partial charge in [-0.3, -0.25) is 14.3 Å². The van der Waals surface area contributed by atoms with Crippen molar-refractivity contribution in [3.63, 3.8) is 0 Å². The van der Waals surface area contributed by atoms with E-state index in [2.05, 4.69) is 44.9 Å². The van der Waals surface area contributed by atoms with Gasteiger partial charge in [0.25, 0.3) is 5.56 Å². The molecule has 6 rings (SSSR count). The Labute approximate surface area is 199 Å². The molecule has 3 aliphatic rings. The molecule has 1 aromatic carbocycles. The zero-order chi connectivity index (χ0) is 22.4. The highest BCUT2D eigenvalue weighted by molar-refractivity contribution is 7.18. The van der Waals surface area contributed by atoms with E-state index in [4.69, 9.17) is 0 Å². The summed E-state index contributed by atoms with van der Waals surface area (Å²) in [5.41, 5.74) is 6.01. The van der Waals surface area contributed by atoms with Gasteiger partial charge in [0.05, 0.1) is 11.7 Å². The summed E-state index contributed by atoms with van der Waals surface area (Å²) in [7, 11) is 2.14. The molecule has 6 nitrogen and oxygen atoms in total. The second kappa shape index (κ2) is 8.85. The second-order valence-electron chi connectivity index (χ2n) is 9.87. The summed E-state index contributed by atoms with van der Waals surface area (Å²) < 4.78 is 1.84. The van der Waals surface area contributed by atoms with Crippen LogP contribution in [0.2, 0.25) is 0 Å². The highest BCUT2D eigenvalue weighted by Gasteiger charge is 2.24. The minimum absolute atomic E-state index is 0.150. The first-order valence-electron chi connectivity index (χ1n) is 12.4. The van der Waals surface area contributed by atoms with Crippen molar-refractivity contribution in [3.05, 3.63) is 56.4 Å². The fraction of sp³-hybridized carbons (Fsp3) is 0.538. The van der Waals surface area contributed by atoms with E-state index in [0.717, 1.165) is 62.5 Å². The van der Waals surface area contributed by atoms with Crippen LogP contribution >= 0.6 is 11.3 Å². The van der Waals surface area contributed by atoms with Crippen molar-refractivity contribution in [2.75, 3.05) is 51.2 Å². The number of aryl methyl sites for hydroxylation is 1. The van der Waals surface area contributed by atoms with Crippen LogP contribution in [0.25, 0.3) is 10.2 Å². The monoisotopic (exact) mass is 463 g/mol. The fourth-order valence-electron chi connectivity index (χ4n) is 5.82. The van der Waals surface area contributed by atoms with Gasteiger partial charge in [-0.2, -0.15) is 0 Å². The van der Waals surface area contributed by atoms with Gasteiger partial charge < -0.3 is 9.80 Å². The Morgan fingerprint density at radius 2 is 1.82 bits per heavy atom. The molecule has 33 heavy (non-hydrogen) atoms. The molecule has 0 N–H and O–H groups in total. The van der Waals surface area contributed by atoms with Crippen molar-refractivity contribution in [1.29, 1.82) is 0 Å². The molecular weight excluding hydrogens is 430 g/mol. The predicted octanol–water partition coefficient (Wildman–Crippen LogP) is 3.15. The molecule has 0 bridgehead atoms. The van der Waals surface area contributed by atoms with Crippen LogP contribution in [0.3, 0.4) is 0 Å². The summed E-state index contributed by atoms with van der Waals surface area (Å²) in [6.45, 7) is 7.80. The third kappa shape index (κ3) is 4.00. The van der Waals surface area contributed by atoms with Crippen LogP contribution in [0.4, 0.5) is 5.69 Å². The van der Waals surface area contributed by atoms with Crippen LogP contribution in [0.15, 0.2) is 29.3 Å². The Morgan fingerprint density at radius 3 is 2.70 bits per heavy atom. The molecule has 2 aromatic heterocycles. The van der Waals surface area contributed by atoms with E-state index in [9.17, 15) is 4.79 Å². The molecule has 7 heteroatoms. The van der Waals surface area contributed by atoms with E-state index in [-0.39, 0.29) is 5.56 Å². The number of rotatable bonds is 4. The maximum Gasteiger partial charge on any atom is 0.262 e. The quantitative estimate of drug-likeness (QED) is 0.595. The van der Waals surface area contributed by atoms with Gasteiger partial charge in [0.15, 0.2) is 0 Å². The summed E-state index contributed by atoms with van der Waals surface area (Å²) in [5, 5.41) is 0.879. The lowest BCUT2D eigenvalue weighted by Gasteiger charge is -2.38. The molecule has 4 heterocycles. The maximum atomic E-state index is 13.3. The average Bonchev–Trinajstić information content (AvgIpc) is 3.22. The van der Waals surface area contributed by atoms with Crippen LogP contribution in [0, 0.1) is 0 Å². The van der Waals surface area contributed by atoms with E-state index in [0.29, 0.717) is 6.54 Å². The number of thiophene rings is 1. The first-order chi connectivity index (χ1) is 16.2. The molecule has 0 atom stereocenters. The molecule has 3 aromatic rings. The minimum Gasteiger partial charge on any atom is -0.369 e. The number of fused-ring (bicyclic) bond motifs is 4. The number of hydrogen-bond acceptors (Lipinski definition) is 6. The van der Waals surface area contributed by atoms with Crippen molar-refractivity contribution in [1.82, 2.24) is 19.4 Å². The van der Waals surface area contributed by atoms with E-state index >= 15 is 0 Å². The highest BCUT2D eigenvalue weighted by Crippen LogP contribution is 2.32. The van der Waals surface area contributed by atoms with Gasteiger partial charge in [-0.05, 0) is 61.9 Å². The lowest BCUT2D eigenvalue weighted by molar-refractivity contribution is 0.247. The lowest BCUT2D eigenvalue weighted by atomic mass is 9.90. The van der Waals surface area contributed by atoms with E-state index in [1.807, 2.05) is 4.57 Å².